The molecule has 1 N–H and O–H groups in total. The lowest BCUT2D eigenvalue weighted by Gasteiger charge is -2.13. The number of methoxy groups -OCH3 is 2. The summed E-state index contributed by atoms with van der Waals surface area (Å²) in [7, 11) is 3.32. The summed E-state index contributed by atoms with van der Waals surface area (Å²) < 4.78 is 16.6. The molecule has 3 rings (SSSR count). The van der Waals surface area contributed by atoms with E-state index in [1.807, 2.05) is 36.4 Å². The monoisotopic (exact) mass is 363 g/mol. The van der Waals surface area contributed by atoms with Crippen molar-refractivity contribution in [1.82, 2.24) is 0 Å². The number of ether oxygens (including phenoxy) is 3. The van der Waals surface area contributed by atoms with Gasteiger partial charge in [-0.15, -0.1) is 0 Å². The van der Waals surface area contributed by atoms with Gasteiger partial charge in [-0.2, -0.15) is 0 Å². The van der Waals surface area contributed by atoms with Crippen LogP contribution in [0, 0.1) is 0 Å². The fourth-order valence-corrected chi connectivity index (χ4v) is 2.83. The molecule has 0 atom stereocenters. The first kappa shape index (κ1) is 18.6. The van der Waals surface area contributed by atoms with E-state index in [4.69, 9.17) is 14.2 Å². The molecule has 0 spiro atoms. The average molecular weight is 363 g/mol. The molecule has 0 aliphatic rings. The summed E-state index contributed by atoms with van der Waals surface area (Å²) in [5.41, 5.74) is 3.31. The molecule has 0 fully saturated rings. The van der Waals surface area contributed by atoms with Gasteiger partial charge in [-0.3, -0.25) is 0 Å². The van der Waals surface area contributed by atoms with Crippen LogP contribution in [-0.2, 0) is 13.0 Å². The van der Waals surface area contributed by atoms with Gasteiger partial charge in [-0.25, -0.2) is 0 Å². The lowest BCUT2D eigenvalue weighted by molar-refractivity contribution is 0.321. The number of rotatable bonds is 9. The SMILES string of the molecule is COc1ccc(OC)c(NCc2cccc(OCCc3ccccc3)c2)c1. The van der Waals surface area contributed by atoms with Crippen molar-refractivity contribution in [3.8, 4) is 17.2 Å². The van der Waals surface area contributed by atoms with Gasteiger partial charge in [0.25, 0.3) is 0 Å². The van der Waals surface area contributed by atoms with Crippen molar-refractivity contribution in [2.24, 2.45) is 0 Å². The molecular formula is C23H25NO3. The van der Waals surface area contributed by atoms with E-state index in [9.17, 15) is 0 Å². The maximum atomic E-state index is 5.91. The van der Waals surface area contributed by atoms with E-state index in [2.05, 4.69) is 41.7 Å². The standard InChI is InChI=1S/C23H25NO3/c1-25-20-11-12-23(26-2)22(16-20)24-17-19-9-6-10-21(15-19)27-14-13-18-7-4-3-5-8-18/h3-12,15-16,24H,13-14,17H2,1-2H3. The zero-order chi connectivity index (χ0) is 18.9. The zero-order valence-corrected chi connectivity index (χ0v) is 15.8. The van der Waals surface area contributed by atoms with Crippen LogP contribution < -0.4 is 19.5 Å². The van der Waals surface area contributed by atoms with Gasteiger partial charge in [0.15, 0.2) is 0 Å². The Labute approximate surface area is 160 Å². The molecule has 0 unspecified atom stereocenters. The van der Waals surface area contributed by atoms with Gasteiger partial charge in [0, 0.05) is 19.0 Å². The molecule has 3 aromatic rings. The molecule has 140 valence electrons. The Kier molecular flexibility index (Phi) is 6.58. The van der Waals surface area contributed by atoms with E-state index in [1.54, 1.807) is 14.2 Å². The van der Waals surface area contributed by atoms with Crippen LogP contribution in [0.1, 0.15) is 11.1 Å². The fraction of sp³-hybridized carbons (Fsp3) is 0.217. The maximum Gasteiger partial charge on any atom is 0.142 e. The van der Waals surface area contributed by atoms with Crippen molar-refractivity contribution in [2.75, 3.05) is 26.1 Å². The average Bonchev–Trinajstić information content (AvgIpc) is 2.73. The second kappa shape index (κ2) is 9.53. The maximum absolute atomic E-state index is 5.91. The second-order valence-electron chi connectivity index (χ2n) is 6.15. The third-order valence-electron chi connectivity index (χ3n) is 4.29. The number of benzene rings is 3. The summed E-state index contributed by atoms with van der Waals surface area (Å²) in [6.07, 6.45) is 0.893. The van der Waals surface area contributed by atoms with E-state index >= 15 is 0 Å². The van der Waals surface area contributed by atoms with E-state index in [0.717, 1.165) is 34.9 Å². The summed E-state index contributed by atoms with van der Waals surface area (Å²) in [4.78, 5) is 0. The minimum Gasteiger partial charge on any atom is -0.497 e. The van der Waals surface area contributed by atoms with E-state index < -0.39 is 0 Å². The molecule has 4 heteroatoms. The van der Waals surface area contributed by atoms with Crippen LogP contribution in [0.2, 0.25) is 0 Å². The minimum absolute atomic E-state index is 0.657. The van der Waals surface area contributed by atoms with Crippen LogP contribution in [0.15, 0.2) is 72.8 Å². The van der Waals surface area contributed by atoms with Crippen LogP contribution in [0.25, 0.3) is 0 Å². The molecule has 0 aromatic heterocycles. The fourth-order valence-electron chi connectivity index (χ4n) is 2.83. The van der Waals surface area contributed by atoms with Crippen molar-refractivity contribution < 1.29 is 14.2 Å². The highest BCUT2D eigenvalue weighted by molar-refractivity contribution is 5.60. The highest BCUT2D eigenvalue weighted by Gasteiger charge is 2.05. The van der Waals surface area contributed by atoms with E-state index in [1.165, 1.54) is 5.56 Å². The van der Waals surface area contributed by atoms with Gasteiger partial charge in [-0.1, -0.05) is 42.5 Å². The molecule has 0 bridgehead atoms. The first-order valence-corrected chi connectivity index (χ1v) is 9.00. The Morgan fingerprint density at radius 2 is 1.56 bits per heavy atom. The molecule has 0 heterocycles. The summed E-state index contributed by atoms with van der Waals surface area (Å²) in [5.74, 6) is 2.45. The number of hydrogen-bond donors (Lipinski definition) is 1. The number of nitrogens with one attached hydrogen (secondary N) is 1. The molecule has 0 amide bonds. The van der Waals surface area contributed by atoms with Crippen molar-refractivity contribution in [1.29, 1.82) is 0 Å². The Bertz CT molecular complexity index is 849. The number of hydrogen-bond acceptors (Lipinski definition) is 4. The minimum atomic E-state index is 0.657. The quantitative estimate of drug-likeness (QED) is 0.585. The lowest BCUT2D eigenvalue weighted by Crippen LogP contribution is -2.04. The van der Waals surface area contributed by atoms with Gasteiger partial charge < -0.3 is 19.5 Å². The Hall–Kier alpha value is -3.14. The largest absolute Gasteiger partial charge is 0.497 e. The summed E-state index contributed by atoms with van der Waals surface area (Å²) >= 11 is 0. The predicted molar refractivity (Wildman–Crippen MR) is 109 cm³/mol. The molecule has 0 saturated carbocycles. The summed E-state index contributed by atoms with van der Waals surface area (Å²) in [6.45, 7) is 1.32. The third-order valence-corrected chi connectivity index (χ3v) is 4.29. The van der Waals surface area contributed by atoms with E-state index in [0.29, 0.717) is 13.2 Å². The van der Waals surface area contributed by atoms with Crippen LogP contribution in [0.3, 0.4) is 0 Å². The van der Waals surface area contributed by atoms with Crippen LogP contribution in [0.4, 0.5) is 5.69 Å². The van der Waals surface area contributed by atoms with Crippen LogP contribution in [0.5, 0.6) is 17.2 Å². The normalized spacial score (nSPS) is 10.3. The first-order valence-electron chi connectivity index (χ1n) is 9.00. The molecule has 0 radical (unpaired) electrons. The third kappa shape index (κ3) is 5.42. The van der Waals surface area contributed by atoms with E-state index in [-0.39, 0.29) is 0 Å². The molecule has 0 aliphatic carbocycles. The smallest absolute Gasteiger partial charge is 0.142 e. The zero-order valence-electron chi connectivity index (χ0n) is 15.8. The number of anilines is 1. The lowest BCUT2D eigenvalue weighted by atomic mass is 10.2. The second-order valence-corrected chi connectivity index (χ2v) is 6.15. The van der Waals surface area contributed by atoms with Gasteiger partial charge in [0.2, 0.25) is 0 Å². The Morgan fingerprint density at radius 3 is 2.33 bits per heavy atom. The molecular weight excluding hydrogens is 338 g/mol. The van der Waals surface area contributed by atoms with Crippen LogP contribution in [-0.4, -0.2) is 20.8 Å². The molecule has 0 aliphatic heterocycles. The Morgan fingerprint density at radius 1 is 0.741 bits per heavy atom. The van der Waals surface area contributed by atoms with Crippen molar-refractivity contribution in [2.45, 2.75) is 13.0 Å². The first-order chi connectivity index (χ1) is 13.3. The highest BCUT2D eigenvalue weighted by Crippen LogP contribution is 2.29. The van der Waals surface area contributed by atoms with Gasteiger partial charge in [0.1, 0.15) is 17.2 Å². The Balaban J connectivity index is 1.57. The van der Waals surface area contributed by atoms with Crippen LogP contribution >= 0.6 is 0 Å². The highest BCUT2D eigenvalue weighted by atomic mass is 16.5. The molecule has 0 saturated heterocycles. The van der Waals surface area contributed by atoms with Crippen molar-refractivity contribution in [3.05, 3.63) is 83.9 Å². The molecule has 3 aromatic carbocycles. The van der Waals surface area contributed by atoms with Crippen molar-refractivity contribution in [3.63, 3.8) is 0 Å². The van der Waals surface area contributed by atoms with Gasteiger partial charge in [-0.05, 0) is 35.4 Å². The summed E-state index contributed by atoms with van der Waals surface area (Å²) in [5, 5.41) is 3.40. The van der Waals surface area contributed by atoms with Gasteiger partial charge in [0.05, 0.1) is 26.5 Å². The van der Waals surface area contributed by atoms with Gasteiger partial charge >= 0.3 is 0 Å². The summed E-state index contributed by atoms with van der Waals surface area (Å²) in [6, 6.07) is 24.2. The predicted octanol–water partition coefficient (Wildman–Crippen LogP) is 4.94. The van der Waals surface area contributed by atoms with Crippen molar-refractivity contribution >= 4 is 5.69 Å². The topological polar surface area (TPSA) is 39.7 Å². The molecule has 27 heavy (non-hydrogen) atoms. The molecule has 4 nitrogen and oxygen atoms in total.